The van der Waals surface area contributed by atoms with Crippen molar-refractivity contribution in [2.75, 3.05) is 18.8 Å². The van der Waals surface area contributed by atoms with Gasteiger partial charge in [-0.25, -0.2) is 8.42 Å². The normalized spacial score (nSPS) is 21.9. The van der Waals surface area contributed by atoms with Crippen molar-refractivity contribution in [3.63, 3.8) is 0 Å². The molecule has 1 unspecified atom stereocenters. The van der Waals surface area contributed by atoms with Crippen molar-refractivity contribution in [2.24, 2.45) is 5.73 Å². The lowest BCUT2D eigenvalue weighted by molar-refractivity contribution is 0.472. The number of sulfonamides is 1. The zero-order chi connectivity index (χ0) is 12.6. The summed E-state index contributed by atoms with van der Waals surface area (Å²) in [6.45, 7) is 0.752. The lowest BCUT2D eigenvalue weighted by atomic mass is 10.3. The minimum atomic E-state index is -3.58. The topological polar surface area (TPSA) is 89.4 Å². The molecule has 1 fully saturated rings. The van der Waals surface area contributed by atoms with Crippen molar-refractivity contribution >= 4 is 27.3 Å². The van der Waals surface area contributed by atoms with E-state index in [4.69, 9.17) is 23.1 Å². The van der Waals surface area contributed by atoms with Gasteiger partial charge in [-0.1, -0.05) is 11.6 Å². The van der Waals surface area contributed by atoms with E-state index in [2.05, 4.69) is 0 Å². The van der Waals surface area contributed by atoms with Gasteiger partial charge in [-0.05, 0) is 24.6 Å². The fourth-order valence-corrected chi connectivity index (χ4v) is 3.85. The molecule has 1 saturated heterocycles. The van der Waals surface area contributed by atoms with E-state index in [1.54, 1.807) is 6.07 Å². The second-order valence-corrected chi connectivity index (χ2v) is 6.42. The van der Waals surface area contributed by atoms with Gasteiger partial charge in [0.15, 0.2) is 0 Å². The summed E-state index contributed by atoms with van der Waals surface area (Å²) >= 11 is 5.90. The Kier molecular flexibility index (Phi) is 3.31. The number of hydrogen-bond acceptors (Lipinski definition) is 4. The predicted octanol–water partition coefficient (Wildman–Crippen LogP) is 0.644. The molecule has 0 radical (unpaired) electrons. The summed E-state index contributed by atoms with van der Waals surface area (Å²) < 4.78 is 25.9. The first-order valence-electron chi connectivity index (χ1n) is 5.22. The number of nitrogens with two attached hydrogens (primary N) is 2. The first-order valence-corrected chi connectivity index (χ1v) is 7.04. The maximum absolute atomic E-state index is 12.3. The summed E-state index contributed by atoms with van der Waals surface area (Å²) in [4.78, 5) is 0.0493. The summed E-state index contributed by atoms with van der Waals surface area (Å²) in [5.74, 6) is 0. The fraction of sp³-hybridized carbons (Fsp3) is 0.400. The molecule has 2 rings (SSSR count). The molecule has 94 valence electrons. The van der Waals surface area contributed by atoms with Gasteiger partial charge in [0, 0.05) is 24.8 Å². The Balaban J connectivity index is 2.41. The average Bonchev–Trinajstić information content (AvgIpc) is 2.69. The molecule has 0 saturated carbocycles. The Bertz CT molecular complexity index is 532. The largest absolute Gasteiger partial charge is 0.399 e. The molecule has 5 nitrogen and oxygen atoms in total. The fourth-order valence-electron chi connectivity index (χ4n) is 1.83. The molecule has 0 amide bonds. The van der Waals surface area contributed by atoms with Crippen molar-refractivity contribution < 1.29 is 8.42 Å². The lowest BCUT2D eigenvalue weighted by Gasteiger charge is -2.17. The van der Waals surface area contributed by atoms with E-state index in [-0.39, 0.29) is 16.0 Å². The number of anilines is 1. The third kappa shape index (κ3) is 2.40. The Morgan fingerprint density at radius 3 is 2.71 bits per heavy atom. The molecule has 1 atom stereocenters. The second-order valence-electron chi connectivity index (χ2n) is 4.10. The molecule has 0 aromatic heterocycles. The minimum Gasteiger partial charge on any atom is -0.399 e. The zero-order valence-corrected chi connectivity index (χ0v) is 10.7. The van der Waals surface area contributed by atoms with Crippen LogP contribution in [0.1, 0.15) is 6.42 Å². The van der Waals surface area contributed by atoms with Crippen molar-refractivity contribution in [3.05, 3.63) is 23.2 Å². The van der Waals surface area contributed by atoms with Crippen LogP contribution in [0.25, 0.3) is 0 Å². The molecule has 4 N–H and O–H groups in total. The maximum atomic E-state index is 12.3. The quantitative estimate of drug-likeness (QED) is 0.776. The van der Waals surface area contributed by atoms with E-state index in [1.807, 2.05) is 0 Å². The van der Waals surface area contributed by atoms with Crippen LogP contribution in [0.2, 0.25) is 5.02 Å². The summed E-state index contributed by atoms with van der Waals surface area (Å²) in [6, 6.07) is 4.32. The van der Waals surface area contributed by atoms with Crippen molar-refractivity contribution in [2.45, 2.75) is 17.4 Å². The summed E-state index contributed by atoms with van der Waals surface area (Å²) in [7, 11) is -3.58. The highest BCUT2D eigenvalue weighted by Crippen LogP contribution is 2.28. The standard InChI is InChI=1S/C10H14ClN3O2S/c11-9-2-1-7(12)5-10(9)17(15,16)14-4-3-8(13)6-14/h1-2,5,8H,3-4,6,12-13H2. The monoisotopic (exact) mass is 275 g/mol. The molecule has 17 heavy (non-hydrogen) atoms. The smallest absolute Gasteiger partial charge is 0.244 e. The molecule has 0 bridgehead atoms. The minimum absolute atomic E-state index is 0.0493. The van der Waals surface area contributed by atoms with Gasteiger partial charge >= 0.3 is 0 Å². The van der Waals surface area contributed by atoms with Crippen LogP contribution in [0, 0.1) is 0 Å². The van der Waals surface area contributed by atoms with Crippen LogP contribution in [0.5, 0.6) is 0 Å². The molecule has 1 aromatic rings. The molecular formula is C10H14ClN3O2S. The molecule has 7 heteroatoms. The van der Waals surface area contributed by atoms with Crippen LogP contribution in [-0.4, -0.2) is 31.9 Å². The van der Waals surface area contributed by atoms with Crippen LogP contribution < -0.4 is 11.5 Å². The Hall–Kier alpha value is -0.820. The predicted molar refractivity (Wildman–Crippen MR) is 67.2 cm³/mol. The molecular weight excluding hydrogens is 262 g/mol. The first kappa shape index (κ1) is 12.6. The number of hydrogen-bond donors (Lipinski definition) is 2. The zero-order valence-electron chi connectivity index (χ0n) is 9.14. The third-order valence-electron chi connectivity index (χ3n) is 2.76. The van der Waals surface area contributed by atoms with Gasteiger partial charge < -0.3 is 11.5 Å². The summed E-state index contributed by atoms with van der Waals surface area (Å²) in [5.41, 5.74) is 11.7. The highest BCUT2D eigenvalue weighted by Gasteiger charge is 2.32. The Morgan fingerprint density at radius 1 is 1.41 bits per heavy atom. The molecule has 1 aromatic carbocycles. The van der Waals surface area contributed by atoms with E-state index < -0.39 is 10.0 Å². The average molecular weight is 276 g/mol. The Morgan fingerprint density at radius 2 is 2.12 bits per heavy atom. The lowest BCUT2D eigenvalue weighted by Crippen LogP contribution is -2.32. The van der Waals surface area contributed by atoms with E-state index >= 15 is 0 Å². The number of nitrogens with zero attached hydrogens (tertiary/aromatic N) is 1. The van der Waals surface area contributed by atoms with Crippen molar-refractivity contribution in [1.29, 1.82) is 0 Å². The van der Waals surface area contributed by atoms with Crippen molar-refractivity contribution in [3.8, 4) is 0 Å². The van der Waals surface area contributed by atoms with Crippen LogP contribution in [-0.2, 0) is 10.0 Å². The van der Waals surface area contributed by atoms with Gasteiger partial charge in [0.25, 0.3) is 0 Å². The van der Waals surface area contributed by atoms with Crippen LogP contribution in [0.15, 0.2) is 23.1 Å². The number of nitrogen functional groups attached to an aromatic ring is 1. The van der Waals surface area contributed by atoms with Gasteiger partial charge in [-0.2, -0.15) is 4.31 Å². The number of rotatable bonds is 2. The molecule has 0 spiro atoms. The Labute approximate surface area is 105 Å². The highest BCUT2D eigenvalue weighted by atomic mass is 35.5. The molecule has 0 aliphatic carbocycles. The summed E-state index contributed by atoms with van der Waals surface area (Å²) in [5, 5.41) is 0.180. The molecule has 1 heterocycles. The van der Waals surface area contributed by atoms with E-state index in [0.717, 1.165) is 0 Å². The van der Waals surface area contributed by atoms with Gasteiger partial charge in [-0.15, -0.1) is 0 Å². The van der Waals surface area contributed by atoms with Crippen LogP contribution >= 0.6 is 11.6 Å². The molecule has 1 aliphatic rings. The van der Waals surface area contributed by atoms with Gasteiger partial charge in [-0.3, -0.25) is 0 Å². The number of benzene rings is 1. The second kappa shape index (κ2) is 4.45. The number of halogens is 1. The SMILES string of the molecule is Nc1ccc(Cl)c(S(=O)(=O)N2CCC(N)C2)c1. The van der Waals surface area contributed by atoms with Crippen LogP contribution in [0.4, 0.5) is 5.69 Å². The van der Waals surface area contributed by atoms with Gasteiger partial charge in [0.05, 0.1) is 5.02 Å². The molecule has 1 aliphatic heterocycles. The maximum Gasteiger partial charge on any atom is 0.244 e. The van der Waals surface area contributed by atoms with E-state index in [0.29, 0.717) is 25.2 Å². The third-order valence-corrected chi connectivity index (χ3v) is 5.11. The van der Waals surface area contributed by atoms with Crippen LogP contribution in [0.3, 0.4) is 0 Å². The summed E-state index contributed by atoms with van der Waals surface area (Å²) in [6.07, 6.45) is 0.666. The first-order chi connectivity index (χ1) is 7.91. The van der Waals surface area contributed by atoms with Gasteiger partial charge in [0.2, 0.25) is 10.0 Å². The van der Waals surface area contributed by atoms with E-state index in [1.165, 1.54) is 16.4 Å². The van der Waals surface area contributed by atoms with Gasteiger partial charge in [0.1, 0.15) is 4.90 Å². The van der Waals surface area contributed by atoms with Crippen molar-refractivity contribution in [1.82, 2.24) is 4.31 Å². The van der Waals surface area contributed by atoms with E-state index in [9.17, 15) is 8.42 Å². The highest BCUT2D eigenvalue weighted by molar-refractivity contribution is 7.89.